The third-order valence-corrected chi connectivity index (χ3v) is 7.04. The Morgan fingerprint density at radius 3 is 1.00 bits per heavy atom. The quantitative estimate of drug-likeness (QED) is 0.416. The largest absolute Gasteiger partial charge is 0.0625 e. The molecule has 0 spiro atoms. The minimum Gasteiger partial charge on any atom is -0.0625 e. The minimum absolute atomic E-state index is 1.00. The molecular weight excluding hydrogens is 288 g/mol. The van der Waals surface area contributed by atoms with Gasteiger partial charge in [-0.05, 0) is 41.9 Å². The Kier molecular flexibility index (Phi) is 11.4. The fourth-order valence-corrected chi connectivity index (χ4v) is 4.67. The Hall–Kier alpha value is 0. The first-order valence-electron chi connectivity index (χ1n) is 11.4. The number of hydrogen-bond acceptors (Lipinski definition) is 0. The van der Waals surface area contributed by atoms with E-state index >= 15 is 0 Å². The molecule has 24 heavy (non-hydrogen) atoms. The van der Waals surface area contributed by atoms with Gasteiger partial charge in [-0.3, -0.25) is 0 Å². The summed E-state index contributed by atoms with van der Waals surface area (Å²) in [6.07, 6.45) is 17.7. The van der Waals surface area contributed by atoms with Gasteiger partial charge in [-0.15, -0.1) is 0 Å². The van der Waals surface area contributed by atoms with Gasteiger partial charge in [0.2, 0.25) is 0 Å². The molecule has 0 N–H and O–H groups in total. The van der Waals surface area contributed by atoms with E-state index in [0.29, 0.717) is 0 Å². The zero-order valence-electron chi connectivity index (χ0n) is 17.9. The molecule has 0 aromatic carbocycles. The molecular formula is C24H48. The number of rotatable bonds is 0. The van der Waals surface area contributed by atoms with Crippen LogP contribution in [0.3, 0.4) is 0 Å². The van der Waals surface area contributed by atoms with Gasteiger partial charge in [-0.25, -0.2) is 0 Å². The van der Waals surface area contributed by atoms with Crippen molar-refractivity contribution in [1.82, 2.24) is 0 Å². The molecule has 3 fully saturated rings. The van der Waals surface area contributed by atoms with Crippen molar-refractivity contribution in [3.8, 4) is 0 Å². The molecule has 0 aromatic rings. The molecule has 0 aliphatic heterocycles. The van der Waals surface area contributed by atoms with Crippen LogP contribution in [0, 0.1) is 35.5 Å². The average molecular weight is 337 g/mol. The van der Waals surface area contributed by atoms with Crippen LogP contribution in [0.15, 0.2) is 0 Å². The van der Waals surface area contributed by atoms with E-state index in [1.807, 2.05) is 0 Å². The lowest BCUT2D eigenvalue weighted by Gasteiger charge is -2.24. The second kappa shape index (κ2) is 12.4. The molecule has 3 rings (SSSR count). The van der Waals surface area contributed by atoms with Crippen LogP contribution >= 0.6 is 0 Å². The highest BCUT2D eigenvalue weighted by molar-refractivity contribution is 4.68. The van der Waals surface area contributed by atoms with Gasteiger partial charge in [-0.1, -0.05) is 112 Å². The summed E-state index contributed by atoms with van der Waals surface area (Å²) in [5.41, 5.74) is 0. The highest BCUT2D eigenvalue weighted by Gasteiger charge is 2.16. The van der Waals surface area contributed by atoms with Crippen molar-refractivity contribution >= 4 is 0 Å². The molecule has 0 amide bonds. The molecule has 0 bridgehead atoms. The van der Waals surface area contributed by atoms with Gasteiger partial charge in [0.25, 0.3) is 0 Å². The van der Waals surface area contributed by atoms with Gasteiger partial charge in [0.15, 0.2) is 0 Å². The molecule has 3 aliphatic carbocycles. The third kappa shape index (κ3) is 10.1. The van der Waals surface area contributed by atoms with Crippen LogP contribution in [0.2, 0.25) is 0 Å². The maximum atomic E-state index is 2.38. The summed E-state index contributed by atoms with van der Waals surface area (Å²) in [6.45, 7) is 14.2. The molecule has 0 radical (unpaired) electrons. The van der Waals surface area contributed by atoms with E-state index < -0.39 is 0 Å². The molecule has 3 saturated carbocycles. The van der Waals surface area contributed by atoms with Gasteiger partial charge in [0.05, 0.1) is 0 Å². The van der Waals surface area contributed by atoms with E-state index in [2.05, 4.69) is 41.5 Å². The van der Waals surface area contributed by atoms with Crippen molar-refractivity contribution < 1.29 is 0 Å². The van der Waals surface area contributed by atoms with Crippen LogP contribution in [0.25, 0.3) is 0 Å². The molecule has 0 nitrogen and oxygen atoms in total. The van der Waals surface area contributed by atoms with Crippen LogP contribution in [0.1, 0.15) is 119 Å². The molecule has 144 valence electrons. The summed E-state index contributed by atoms with van der Waals surface area (Å²) in [6, 6.07) is 0. The summed E-state index contributed by atoms with van der Waals surface area (Å²) >= 11 is 0. The first-order valence-corrected chi connectivity index (χ1v) is 11.4. The monoisotopic (exact) mass is 336 g/mol. The lowest BCUT2D eigenvalue weighted by molar-refractivity contribution is 0.277. The lowest BCUT2D eigenvalue weighted by atomic mass is 9.82. The van der Waals surface area contributed by atoms with E-state index in [1.165, 1.54) is 77.0 Å². The van der Waals surface area contributed by atoms with Crippen molar-refractivity contribution in [1.29, 1.82) is 0 Å². The van der Waals surface area contributed by atoms with Crippen molar-refractivity contribution in [3.63, 3.8) is 0 Å². The van der Waals surface area contributed by atoms with E-state index in [1.54, 1.807) is 0 Å². The second-order valence-electron chi connectivity index (χ2n) is 9.98. The summed E-state index contributed by atoms with van der Waals surface area (Å²) in [5.74, 6) is 6.07. The van der Waals surface area contributed by atoms with Crippen molar-refractivity contribution in [2.24, 2.45) is 35.5 Å². The molecule has 0 heterocycles. The first kappa shape index (κ1) is 22.0. The molecule has 3 aliphatic rings. The topological polar surface area (TPSA) is 0 Å². The smallest absolute Gasteiger partial charge is 0.0417 e. The maximum Gasteiger partial charge on any atom is -0.0417 e. The van der Waals surface area contributed by atoms with Crippen molar-refractivity contribution in [2.45, 2.75) is 119 Å². The van der Waals surface area contributed by atoms with Crippen LogP contribution < -0.4 is 0 Å². The fourth-order valence-electron chi connectivity index (χ4n) is 4.67. The number of hydrogen-bond donors (Lipinski definition) is 0. The Labute approximate surface area is 154 Å². The zero-order chi connectivity index (χ0) is 17.9. The summed E-state index contributed by atoms with van der Waals surface area (Å²) in [7, 11) is 0. The highest BCUT2D eigenvalue weighted by atomic mass is 14.2. The van der Waals surface area contributed by atoms with E-state index in [-0.39, 0.29) is 0 Å². The Balaban J connectivity index is 0.000000180. The van der Waals surface area contributed by atoms with Gasteiger partial charge in [0, 0.05) is 0 Å². The first-order chi connectivity index (χ1) is 11.4. The molecule has 0 heteroatoms. The van der Waals surface area contributed by atoms with Crippen LogP contribution in [0.4, 0.5) is 0 Å². The maximum absolute atomic E-state index is 2.38. The fraction of sp³-hybridized carbons (Fsp3) is 1.00. The van der Waals surface area contributed by atoms with E-state index in [0.717, 1.165) is 35.5 Å². The molecule has 4 atom stereocenters. The van der Waals surface area contributed by atoms with Gasteiger partial charge < -0.3 is 0 Å². The second-order valence-corrected chi connectivity index (χ2v) is 9.98. The van der Waals surface area contributed by atoms with Gasteiger partial charge >= 0.3 is 0 Å². The summed E-state index contributed by atoms with van der Waals surface area (Å²) < 4.78 is 0. The van der Waals surface area contributed by atoms with Gasteiger partial charge in [-0.2, -0.15) is 0 Å². The molecule has 0 aromatic heterocycles. The third-order valence-electron chi connectivity index (χ3n) is 7.04. The minimum atomic E-state index is 1.00. The predicted molar refractivity (Wildman–Crippen MR) is 110 cm³/mol. The SMILES string of the molecule is CC1CCC(C)CC1.CC1CCCC(C)C1.CC1CCCCC1C. The Morgan fingerprint density at radius 1 is 0.375 bits per heavy atom. The standard InChI is InChI=1S/3C8H16/c1-7-3-5-8(2)6-4-7;1-7-4-3-5-8(2)6-7;1-7-5-3-4-6-8(7)2/h3*7-8H,3-6H2,1-2H3. The predicted octanol–water partition coefficient (Wildman–Crippen LogP) is 8.50. The van der Waals surface area contributed by atoms with Crippen LogP contribution in [-0.4, -0.2) is 0 Å². The van der Waals surface area contributed by atoms with Crippen molar-refractivity contribution in [3.05, 3.63) is 0 Å². The van der Waals surface area contributed by atoms with E-state index in [9.17, 15) is 0 Å². The molecule has 4 unspecified atom stereocenters. The van der Waals surface area contributed by atoms with Crippen LogP contribution in [0.5, 0.6) is 0 Å². The zero-order valence-corrected chi connectivity index (χ0v) is 17.9. The van der Waals surface area contributed by atoms with Gasteiger partial charge in [0.1, 0.15) is 0 Å². The van der Waals surface area contributed by atoms with Crippen molar-refractivity contribution in [2.75, 3.05) is 0 Å². The Bertz CT molecular complexity index is 258. The summed E-state index contributed by atoms with van der Waals surface area (Å²) in [5, 5.41) is 0. The highest BCUT2D eigenvalue weighted by Crippen LogP contribution is 2.29. The van der Waals surface area contributed by atoms with Crippen LogP contribution in [-0.2, 0) is 0 Å². The van der Waals surface area contributed by atoms with E-state index in [4.69, 9.17) is 0 Å². The molecule has 0 saturated heterocycles. The summed E-state index contributed by atoms with van der Waals surface area (Å²) in [4.78, 5) is 0. The lowest BCUT2D eigenvalue weighted by Crippen LogP contribution is -2.12. The average Bonchev–Trinajstić information content (AvgIpc) is 2.54. The normalized spacial score (nSPS) is 39.8. The Morgan fingerprint density at radius 2 is 0.750 bits per heavy atom.